The van der Waals surface area contributed by atoms with Crippen LogP contribution in [0.4, 0.5) is 0 Å². The molecule has 1 aromatic rings. The summed E-state index contributed by atoms with van der Waals surface area (Å²) in [4.78, 5) is 20.5. The molecule has 0 aliphatic carbocycles. The molecule has 0 aliphatic rings. The average Bonchev–Trinajstić information content (AvgIpc) is 2.18. The van der Waals surface area contributed by atoms with E-state index >= 15 is 0 Å². The second-order valence-electron chi connectivity index (χ2n) is 3.05. The summed E-state index contributed by atoms with van der Waals surface area (Å²) >= 11 is 0. The second-order valence-corrected chi connectivity index (χ2v) is 4.79. The normalized spacial score (nSPS) is 16.5. The van der Waals surface area contributed by atoms with Crippen LogP contribution in [0.1, 0.15) is 6.92 Å². The van der Waals surface area contributed by atoms with Crippen LogP contribution in [0.15, 0.2) is 30.3 Å². The molecule has 0 fully saturated rings. The van der Waals surface area contributed by atoms with Crippen LogP contribution in [0.2, 0.25) is 0 Å². The zero-order chi connectivity index (χ0) is 11.5. The third kappa shape index (κ3) is 3.16. The van der Waals surface area contributed by atoms with Crippen LogP contribution in [0.5, 0.6) is 0 Å². The Morgan fingerprint density at radius 1 is 1.47 bits per heavy atom. The first kappa shape index (κ1) is 11.9. The molecule has 3 N–H and O–H groups in total. The Labute approximate surface area is 87.4 Å². The molecule has 1 aromatic carbocycles. The molecule has 2 atom stereocenters. The Morgan fingerprint density at radius 2 is 2.00 bits per heavy atom. The lowest BCUT2D eigenvalue weighted by atomic mass is 10.4. The van der Waals surface area contributed by atoms with Crippen LogP contribution in [-0.4, -0.2) is 16.9 Å². The number of carbonyl (C=O) groups is 1. The fourth-order valence-electron chi connectivity index (χ4n) is 0.874. The Bertz CT molecular complexity index is 390. The quantitative estimate of drug-likeness (QED) is 0.731. The summed E-state index contributed by atoms with van der Waals surface area (Å²) in [6.07, 6.45) is 0. The van der Waals surface area contributed by atoms with E-state index < -0.39 is 19.6 Å². The Kier molecular flexibility index (Phi) is 3.63. The summed E-state index contributed by atoms with van der Waals surface area (Å²) < 4.78 is 16.0. The first-order valence-electron chi connectivity index (χ1n) is 4.31. The van der Waals surface area contributed by atoms with Crippen molar-refractivity contribution in [1.82, 2.24) is 0 Å². The molecule has 1 unspecified atom stereocenters. The summed E-state index contributed by atoms with van der Waals surface area (Å²) in [5.41, 5.74) is 5.21. The molecule has 0 amide bonds. The molecule has 0 aromatic heterocycles. The number of hydrogen-bond acceptors (Lipinski definition) is 4. The van der Waals surface area contributed by atoms with Crippen LogP contribution in [-0.2, 0) is 13.9 Å². The van der Waals surface area contributed by atoms with Crippen molar-refractivity contribution in [1.29, 1.82) is 0 Å². The van der Waals surface area contributed by atoms with Crippen LogP contribution >= 0.6 is 7.60 Å². The molecule has 82 valence electrons. The van der Waals surface area contributed by atoms with E-state index in [1.54, 1.807) is 18.2 Å². The van der Waals surface area contributed by atoms with Crippen molar-refractivity contribution in [3.8, 4) is 0 Å². The van der Waals surface area contributed by atoms with Crippen molar-refractivity contribution in [3.63, 3.8) is 0 Å². The van der Waals surface area contributed by atoms with E-state index in [0.29, 0.717) is 0 Å². The van der Waals surface area contributed by atoms with Crippen LogP contribution in [0.3, 0.4) is 0 Å². The van der Waals surface area contributed by atoms with Gasteiger partial charge < -0.3 is 15.2 Å². The molecule has 0 spiro atoms. The van der Waals surface area contributed by atoms with Crippen molar-refractivity contribution >= 4 is 18.9 Å². The van der Waals surface area contributed by atoms with Gasteiger partial charge >= 0.3 is 13.6 Å². The lowest BCUT2D eigenvalue weighted by molar-refractivity contribution is -0.135. The summed E-state index contributed by atoms with van der Waals surface area (Å²) in [5.74, 6) is -0.898. The maximum atomic E-state index is 11.6. The highest BCUT2D eigenvalue weighted by molar-refractivity contribution is 7.61. The Balaban J connectivity index is 2.86. The third-order valence-corrected chi connectivity index (χ3v) is 3.05. The standard InChI is InChI=1S/C9H12NO4P/c1-7(10)9(11)14-15(12,13)8-5-3-2-4-6-8/h2-7H,10H2,1H3,(H,12,13)/t7-/m0/s1. The summed E-state index contributed by atoms with van der Waals surface area (Å²) in [5, 5.41) is 0.0685. The van der Waals surface area contributed by atoms with Gasteiger partial charge in [-0.05, 0) is 19.1 Å². The Hall–Kier alpha value is -1.16. The van der Waals surface area contributed by atoms with Gasteiger partial charge in [-0.3, -0.25) is 4.79 Å². The number of carbonyl (C=O) groups excluding carboxylic acids is 1. The van der Waals surface area contributed by atoms with Gasteiger partial charge in [-0.15, -0.1) is 0 Å². The second kappa shape index (κ2) is 4.57. The van der Waals surface area contributed by atoms with Crippen LogP contribution in [0, 0.1) is 0 Å². The predicted molar refractivity (Wildman–Crippen MR) is 55.6 cm³/mol. The van der Waals surface area contributed by atoms with Gasteiger partial charge in [0, 0.05) is 0 Å². The van der Waals surface area contributed by atoms with E-state index in [-0.39, 0.29) is 5.30 Å². The molecule has 5 nitrogen and oxygen atoms in total. The maximum absolute atomic E-state index is 11.6. The maximum Gasteiger partial charge on any atom is 0.410 e. The van der Waals surface area contributed by atoms with E-state index in [1.165, 1.54) is 19.1 Å². The molecule has 0 radical (unpaired) electrons. The van der Waals surface area contributed by atoms with Gasteiger partial charge in [0.05, 0.1) is 5.30 Å². The van der Waals surface area contributed by atoms with Crippen LogP contribution < -0.4 is 11.0 Å². The topological polar surface area (TPSA) is 89.6 Å². The minimum absolute atomic E-state index is 0.0685. The predicted octanol–water partition coefficient (Wildman–Crippen LogP) is 0.388. The molecule has 6 heteroatoms. The highest BCUT2D eigenvalue weighted by atomic mass is 31.2. The zero-order valence-electron chi connectivity index (χ0n) is 8.16. The molecule has 0 heterocycles. The largest absolute Gasteiger partial charge is 0.410 e. The van der Waals surface area contributed by atoms with E-state index in [2.05, 4.69) is 4.52 Å². The van der Waals surface area contributed by atoms with Gasteiger partial charge in [-0.25, -0.2) is 4.57 Å². The summed E-state index contributed by atoms with van der Waals surface area (Å²) in [6, 6.07) is 6.76. The van der Waals surface area contributed by atoms with Crippen molar-refractivity contribution in [3.05, 3.63) is 30.3 Å². The Morgan fingerprint density at radius 3 is 2.47 bits per heavy atom. The smallest absolute Gasteiger partial charge is 0.387 e. The SMILES string of the molecule is C[C@H](N)C(=O)OP(=O)(O)c1ccccc1. The van der Waals surface area contributed by atoms with E-state index in [1.807, 2.05) is 0 Å². The van der Waals surface area contributed by atoms with Crippen LogP contribution in [0.25, 0.3) is 0 Å². The first-order chi connectivity index (χ1) is 6.93. The number of benzene rings is 1. The van der Waals surface area contributed by atoms with Gasteiger partial charge in [-0.1, -0.05) is 18.2 Å². The molecular weight excluding hydrogens is 217 g/mol. The minimum atomic E-state index is -4.08. The molecule has 15 heavy (non-hydrogen) atoms. The molecule has 0 saturated heterocycles. The first-order valence-corrected chi connectivity index (χ1v) is 5.88. The number of rotatable bonds is 3. The third-order valence-electron chi connectivity index (χ3n) is 1.67. The van der Waals surface area contributed by atoms with Gasteiger partial charge in [0.15, 0.2) is 0 Å². The van der Waals surface area contributed by atoms with Gasteiger partial charge in [0.1, 0.15) is 6.04 Å². The number of nitrogens with two attached hydrogens (primary N) is 1. The van der Waals surface area contributed by atoms with Crippen molar-refractivity contribution in [2.45, 2.75) is 13.0 Å². The van der Waals surface area contributed by atoms with Gasteiger partial charge in [0.2, 0.25) is 0 Å². The van der Waals surface area contributed by atoms with E-state index in [0.717, 1.165) is 0 Å². The fourth-order valence-corrected chi connectivity index (χ4v) is 1.94. The van der Waals surface area contributed by atoms with Gasteiger partial charge in [0.25, 0.3) is 0 Å². The molecule has 0 saturated carbocycles. The average molecular weight is 229 g/mol. The van der Waals surface area contributed by atoms with Gasteiger partial charge in [-0.2, -0.15) is 0 Å². The summed E-state index contributed by atoms with van der Waals surface area (Å²) in [6.45, 7) is 1.38. The van der Waals surface area contributed by atoms with E-state index in [4.69, 9.17) is 5.73 Å². The number of hydrogen-bond donors (Lipinski definition) is 2. The monoisotopic (exact) mass is 229 g/mol. The van der Waals surface area contributed by atoms with Crippen molar-refractivity contribution < 1.29 is 18.8 Å². The van der Waals surface area contributed by atoms with Crippen molar-refractivity contribution in [2.24, 2.45) is 5.73 Å². The fraction of sp³-hybridized carbons (Fsp3) is 0.222. The molecule has 1 rings (SSSR count). The lowest BCUT2D eigenvalue weighted by Crippen LogP contribution is -2.29. The lowest BCUT2D eigenvalue weighted by Gasteiger charge is -2.13. The molecular formula is C9H12NO4P. The minimum Gasteiger partial charge on any atom is -0.387 e. The molecule has 0 aliphatic heterocycles. The summed E-state index contributed by atoms with van der Waals surface area (Å²) in [7, 11) is -4.08. The van der Waals surface area contributed by atoms with Crippen molar-refractivity contribution in [2.75, 3.05) is 0 Å². The zero-order valence-corrected chi connectivity index (χ0v) is 9.06. The van der Waals surface area contributed by atoms with E-state index in [9.17, 15) is 14.3 Å². The highest BCUT2D eigenvalue weighted by Crippen LogP contribution is 2.40. The molecule has 0 bridgehead atoms. The highest BCUT2D eigenvalue weighted by Gasteiger charge is 2.27.